The first-order chi connectivity index (χ1) is 12.6. The van der Waals surface area contributed by atoms with E-state index in [-0.39, 0.29) is 17.1 Å². The maximum atomic E-state index is 13.7. The number of hydrogen-bond donors (Lipinski definition) is 1. The molecule has 1 saturated carbocycles. The van der Waals surface area contributed by atoms with Crippen molar-refractivity contribution >= 4 is 5.91 Å². The predicted molar refractivity (Wildman–Crippen MR) is 101 cm³/mol. The van der Waals surface area contributed by atoms with Crippen molar-refractivity contribution in [1.29, 1.82) is 0 Å². The van der Waals surface area contributed by atoms with Gasteiger partial charge >= 0.3 is 0 Å². The van der Waals surface area contributed by atoms with Gasteiger partial charge in [-0.25, -0.2) is 4.39 Å². The summed E-state index contributed by atoms with van der Waals surface area (Å²) in [6.07, 6.45) is 5.71. The Bertz CT molecular complexity index is 595. The number of carbonyl (C=O) groups is 1. The van der Waals surface area contributed by atoms with Gasteiger partial charge in [-0.05, 0) is 43.9 Å². The number of hydrogen-bond acceptors (Lipinski definition) is 3. The highest BCUT2D eigenvalue weighted by Crippen LogP contribution is 2.40. The lowest BCUT2D eigenvalue weighted by atomic mass is 9.78. The molecule has 1 saturated heterocycles. The van der Waals surface area contributed by atoms with Gasteiger partial charge in [0.15, 0.2) is 0 Å². The number of nitrogens with one attached hydrogen (secondary N) is 1. The summed E-state index contributed by atoms with van der Waals surface area (Å²) >= 11 is 0. The van der Waals surface area contributed by atoms with E-state index in [1.165, 1.54) is 6.07 Å². The van der Waals surface area contributed by atoms with Crippen molar-refractivity contribution < 1.29 is 13.9 Å². The molecule has 1 aliphatic heterocycles. The van der Waals surface area contributed by atoms with Gasteiger partial charge in [0.05, 0.1) is 13.2 Å². The SMILES string of the molecule is C[C@H](CCC(=O)NCC1(c2cccc(F)c2)CCCC1)N1CCOCC1. The van der Waals surface area contributed by atoms with Crippen LogP contribution in [0.1, 0.15) is 51.0 Å². The lowest BCUT2D eigenvalue weighted by Gasteiger charge is -2.32. The predicted octanol–water partition coefficient (Wildman–Crippen LogP) is 3.25. The Morgan fingerprint density at radius 2 is 2.04 bits per heavy atom. The van der Waals surface area contributed by atoms with Crippen molar-refractivity contribution in [2.45, 2.75) is 56.9 Å². The molecule has 0 radical (unpaired) electrons. The van der Waals surface area contributed by atoms with Crippen molar-refractivity contribution in [3.8, 4) is 0 Å². The third-order valence-corrected chi connectivity index (χ3v) is 6.08. The van der Waals surface area contributed by atoms with E-state index >= 15 is 0 Å². The van der Waals surface area contributed by atoms with E-state index in [0.717, 1.165) is 64.0 Å². The van der Waals surface area contributed by atoms with Gasteiger partial charge in [-0.15, -0.1) is 0 Å². The molecule has 1 aromatic carbocycles. The van der Waals surface area contributed by atoms with Crippen LogP contribution < -0.4 is 5.32 Å². The molecular weight excluding hydrogens is 331 g/mol. The van der Waals surface area contributed by atoms with Crippen molar-refractivity contribution in [3.05, 3.63) is 35.6 Å². The summed E-state index contributed by atoms with van der Waals surface area (Å²) < 4.78 is 19.1. The smallest absolute Gasteiger partial charge is 0.220 e. The zero-order valence-corrected chi connectivity index (χ0v) is 15.8. The highest BCUT2D eigenvalue weighted by Gasteiger charge is 2.36. The fourth-order valence-electron chi connectivity index (χ4n) is 4.33. The zero-order chi connectivity index (χ0) is 18.4. The Labute approximate surface area is 156 Å². The standard InChI is InChI=1S/C21H31FN2O2/c1-17(24-11-13-26-14-12-24)7-8-20(25)23-16-21(9-2-3-10-21)18-5-4-6-19(22)15-18/h4-6,15,17H,2-3,7-14,16H2,1H3,(H,23,25)/t17-/m1/s1. The Hall–Kier alpha value is -1.46. The molecule has 3 rings (SSSR count). The van der Waals surface area contributed by atoms with Crippen LogP contribution >= 0.6 is 0 Å². The molecule has 2 fully saturated rings. The Morgan fingerprint density at radius 3 is 2.73 bits per heavy atom. The minimum atomic E-state index is -0.195. The van der Waals surface area contributed by atoms with Crippen molar-refractivity contribution in [1.82, 2.24) is 10.2 Å². The number of benzene rings is 1. The average molecular weight is 362 g/mol. The fourth-order valence-corrected chi connectivity index (χ4v) is 4.33. The summed E-state index contributed by atoms with van der Waals surface area (Å²) in [5.74, 6) is -0.0905. The summed E-state index contributed by atoms with van der Waals surface area (Å²) in [4.78, 5) is 14.8. The average Bonchev–Trinajstić information content (AvgIpc) is 3.15. The summed E-state index contributed by atoms with van der Waals surface area (Å²) in [6, 6.07) is 7.29. The van der Waals surface area contributed by atoms with Crippen LogP contribution in [0.4, 0.5) is 4.39 Å². The van der Waals surface area contributed by atoms with E-state index < -0.39 is 0 Å². The van der Waals surface area contributed by atoms with E-state index in [1.807, 2.05) is 6.07 Å². The molecule has 0 unspecified atom stereocenters. The number of halogens is 1. The summed E-state index contributed by atoms with van der Waals surface area (Å²) in [7, 11) is 0. The molecule has 1 amide bonds. The lowest BCUT2D eigenvalue weighted by molar-refractivity contribution is -0.121. The van der Waals surface area contributed by atoms with E-state index in [0.29, 0.717) is 19.0 Å². The van der Waals surface area contributed by atoms with Gasteiger partial charge in [0.2, 0.25) is 5.91 Å². The molecule has 0 spiro atoms. The fraction of sp³-hybridized carbons (Fsp3) is 0.667. The monoisotopic (exact) mass is 362 g/mol. The van der Waals surface area contributed by atoms with E-state index in [4.69, 9.17) is 4.74 Å². The second-order valence-electron chi connectivity index (χ2n) is 7.81. The molecular formula is C21H31FN2O2. The molecule has 1 N–H and O–H groups in total. The summed E-state index contributed by atoms with van der Waals surface area (Å²) in [6.45, 7) is 6.27. The van der Waals surface area contributed by atoms with Crippen molar-refractivity contribution in [3.63, 3.8) is 0 Å². The lowest BCUT2D eigenvalue weighted by Crippen LogP contribution is -2.43. The molecule has 1 aliphatic carbocycles. The number of carbonyl (C=O) groups excluding carboxylic acids is 1. The molecule has 5 heteroatoms. The minimum absolute atomic E-state index is 0.104. The Balaban J connectivity index is 1.50. The van der Waals surface area contributed by atoms with E-state index in [1.54, 1.807) is 12.1 Å². The quantitative estimate of drug-likeness (QED) is 0.810. The second-order valence-corrected chi connectivity index (χ2v) is 7.81. The van der Waals surface area contributed by atoms with Crippen LogP contribution in [-0.2, 0) is 14.9 Å². The molecule has 1 aromatic rings. The number of amides is 1. The number of rotatable bonds is 7. The van der Waals surface area contributed by atoms with E-state index in [2.05, 4.69) is 17.1 Å². The zero-order valence-electron chi connectivity index (χ0n) is 15.8. The highest BCUT2D eigenvalue weighted by molar-refractivity contribution is 5.76. The highest BCUT2D eigenvalue weighted by atomic mass is 19.1. The summed E-state index contributed by atoms with van der Waals surface area (Å²) in [5, 5.41) is 3.14. The molecule has 1 atom stereocenters. The van der Waals surface area contributed by atoms with Crippen LogP contribution in [0.3, 0.4) is 0 Å². The van der Waals surface area contributed by atoms with Crippen LogP contribution in [0.15, 0.2) is 24.3 Å². The molecule has 26 heavy (non-hydrogen) atoms. The number of ether oxygens (including phenoxy) is 1. The molecule has 1 heterocycles. The van der Waals surface area contributed by atoms with Gasteiger partial charge in [0.1, 0.15) is 5.82 Å². The van der Waals surface area contributed by atoms with E-state index in [9.17, 15) is 9.18 Å². The van der Waals surface area contributed by atoms with Crippen molar-refractivity contribution in [2.24, 2.45) is 0 Å². The van der Waals surface area contributed by atoms with Crippen LogP contribution in [0.25, 0.3) is 0 Å². The van der Waals surface area contributed by atoms with Crippen molar-refractivity contribution in [2.75, 3.05) is 32.8 Å². The molecule has 4 nitrogen and oxygen atoms in total. The summed E-state index contributed by atoms with van der Waals surface area (Å²) in [5.41, 5.74) is 0.921. The first kappa shape index (κ1) is 19.3. The number of nitrogens with zero attached hydrogens (tertiary/aromatic N) is 1. The normalized spacial score (nSPS) is 21.5. The molecule has 144 valence electrons. The van der Waals surface area contributed by atoms with Gasteiger partial charge in [0, 0.05) is 37.5 Å². The van der Waals surface area contributed by atoms with Crippen LogP contribution in [0.2, 0.25) is 0 Å². The van der Waals surface area contributed by atoms with Gasteiger partial charge < -0.3 is 10.1 Å². The number of morpholine rings is 1. The molecule has 0 bridgehead atoms. The topological polar surface area (TPSA) is 41.6 Å². The largest absolute Gasteiger partial charge is 0.379 e. The first-order valence-corrected chi connectivity index (χ1v) is 9.94. The maximum Gasteiger partial charge on any atom is 0.220 e. The minimum Gasteiger partial charge on any atom is -0.379 e. The van der Waals surface area contributed by atoms with Gasteiger partial charge in [-0.2, -0.15) is 0 Å². The van der Waals surface area contributed by atoms with Crippen LogP contribution in [-0.4, -0.2) is 49.7 Å². The van der Waals surface area contributed by atoms with Gasteiger partial charge in [-0.3, -0.25) is 9.69 Å². The second kappa shape index (κ2) is 8.96. The maximum absolute atomic E-state index is 13.7. The molecule has 0 aromatic heterocycles. The van der Waals surface area contributed by atoms with Crippen LogP contribution in [0.5, 0.6) is 0 Å². The van der Waals surface area contributed by atoms with Gasteiger partial charge in [0.25, 0.3) is 0 Å². The first-order valence-electron chi connectivity index (χ1n) is 9.94. The third kappa shape index (κ3) is 4.83. The molecule has 2 aliphatic rings. The van der Waals surface area contributed by atoms with Gasteiger partial charge in [-0.1, -0.05) is 25.0 Å². The third-order valence-electron chi connectivity index (χ3n) is 6.08. The van der Waals surface area contributed by atoms with Crippen LogP contribution in [0, 0.1) is 5.82 Å². The Morgan fingerprint density at radius 1 is 1.31 bits per heavy atom. The Kier molecular flexibility index (Phi) is 6.65.